The Morgan fingerprint density at radius 2 is 2.26 bits per heavy atom. The molecule has 1 unspecified atom stereocenters. The summed E-state index contributed by atoms with van der Waals surface area (Å²) in [4.78, 5) is 15.8. The van der Waals surface area contributed by atoms with Crippen molar-refractivity contribution >= 4 is 16.8 Å². The Bertz CT molecular complexity index is 623. The fourth-order valence-corrected chi connectivity index (χ4v) is 2.92. The lowest BCUT2D eigenvalue weighted by Crippen LogP contribution is -2.42. The largest absolute Gasteiger partial charge is 0.350 e. The van der Waals surface area contributed by atoms with Crippen LogP contribution in [-0.2, 0) is 11.2 Å². The van der Waals surface area contributed by atoms with E-state index in [9.17, 15) is 4.79 Å². The van der Waals surface area contributed by atoms with Crippen LogP contribution in [-0.4, -0.2) is 16.4 Å². The first kappa shape index (κ1) is 12.2. The number of carbonyl (C=O) groups excluding carboxylic acids is 1. The first-order chi connectivity index (χ1) is 9.21. The van der Waals surface area contributed by atoms with Crippen molar-refractivity contribution in [3.05, 3.63) is 42.1 Å². The number of hydrogen-bond acceptors (Lipinski definition) is 2. The zero-order valence-electron chi connectivity index (χ0n) is 11.1. The van der Waals surface area contributed by atoms with Gasteiger partial charge >= 0.3 is 0 Å². The molecule has 0 bridgehead atoms. The second-order valence-corrected chi connectivity index (χ2v) is 5.39. The van der Waals surface area contributed by atoms with Crippen LogP contribution in [0.15, 0.2) is 36.5 Å². The summed E-state index contributed by atoms with van der Waals surface area (Å²) in [5, 5.41) is 4.32. The number of pyridine rings is 1. The lowest BCUT2D eigenvalue weighted by molar-refractivity contribution is -0.119. The van der Waals surface area contributed by atoms with Crippen LogP contribution in [0.2, 0.25) is 0 Å². The van der Waals surface area contributed by atoms with Crippen molar-refractivity contribution in [2.75, 3.05) is 0 Å². The maximum atomic E-state index is 11.5. The molecule has 3 rings (SSSR count). The lowest BCUT2D eigenvalue weighted by atomic mass is 9.86. The minimum atomic E-state index is -0.0486. The predicted octanol–water partition coefficient (Wildman–Crippen LogP) is 2.84. The molecular formula is C16H18N2O. The van der Waals surface area contributed by atoms with E-state index in [1.807, 2.05) is 12.3 Å². The summed E-state index contributed by atoms with van der Waals surface area (Å²) in [6, 6.07) is 10.4. The van der Waals surface area contributed by atoms with Gasteiger partial charge in [0, 0.05) is 23.5 Å². The number of amides is 1. The molecule has 1 saturated heterocycles. The standard InChI is InChI=1S/C16H18N2O/c1-2-16(8-7-15(19)18-16)11-12-5-6-14-13(10-12)4-3-9-17-14/h3-6,9-10H,2,7-8,11H2,1H3,(H,18,19). The van der Waals surface area contributed by atoms with Crippen molar-refractivity contribution in [2.45, 2.75) is 38.1 Å². The molecular weight excluding hydrogens is 236 g/mol. The van der Waals surface area contributed by atoms with Gasteiger partial charge in [-0.15, -0.1) is 0 Å². The van der Waals surface area contributed by atoms with Crippen LogP contribution in [0.1, 0.15) is 31.7 Å². The van der Waals surface area contributed by atoms with Crippen LogP contribution in [0, 0.1) is 0 Å². The summed E-state index contributed by atoms with van der Waals surface area (Å²) in [7, 11) is 0. The number of rotatable bonds is 3. The molecule has 2 heterocycles. The molecule has 3 heteroatoms. The lowest BCUT2D eigenvalue weighted by Gasteiger charge is -2.28. The van der Waals surface area contributed by atoms with E-state index < -0.39 is 0 Å². The maximum absolute atomic E-state index is 11.5. The number of carbonyl (C=O) groups is 1. The summed E-state index contributed by atoms with van der Waals surface area (Å²) in [5.41, 5.74) is 2.24. The van der Waals surface area contributed by atoms with Crippen LogP contribution < -0.4 is 5.32 Å². The first-order valence-electron chi connectivity index (χ1n) is 6.85. The van der Waals surface area contributed by atoms with Crippen molar-refractivity contribution in [3.8, 4) is 0 Å². The summed E-state index contributed by atoms with van der Waals surface area (Å²) in [6.07, 6.45) is 5.28. The minimum absolute atomic E-state index is 0.0486. The quantitative estimate of drug-likeness (QED) is 0.915. The van der Waals surface area contributed by atoms with Crippen LogP contribution >= 0.6 is 0 Å². The number of hydrogen-bond donors (Lipinski definition) is 1. The highest BCUT2D eigenvalue weighted by Gasteiger charge is 2.35. The average Bonchev–Trinajstić information content (AvgIpc) is 2.80. The van der Waals surface area contributed by atoms with Crippen molar-refractivity contribution in [1.82, 2.24) is 10.3 Å². The average molecular weight is 254 g/mol. The predicted molar refractivity (Wildman–Crippen MR) is 75.8 cm³/mol. The van der Waals surface area contributed by atoms with Crippen molar-refractivity contribution < 1.29 is 4.79 Å². The fourth-order valence-electron chi connectivity index (χ4n) is 2.92. The molecule has 1 amide bonds. The second kappa shape index (κ2) is 4.65. The molecule has 1 N–H and O–H groups in total. The topological polar surface area (TPSA) is 42.0 Å². The van der Waals surface area contributed by atoms with E-state index >= 15 is 0 Å². The molecule has 3 nitrogen and oxygen atoms in total. The van der Waals surface area contributed by atoms with E-state index in [0.29, 0.717) is 6.42 Å². The summed E-state index contributed by atoms with van der Waals surface area (Å²) in [5.74, 6) is 0.185. The van der Waals surface area contributed by atoms with Crippen LogP contribution in [0.5, 0.6) is 0 Å². The van der Waals surface area contributed by atoms with Gasteiger partial charge in [0.05, 0.1) is 5.52 Å². The highest BCUT2D eigenvalue weighted by molar-refractivity contribution is 5.80. The summed E-state index contributed by atoms with van der Waals surface area (Å²) < 4.78 is 0. The number of nitrogens with zero attached hydrogens (tertiary/aromatic N) is 1. The Balaban J connectivity index is 1.90. The Morgan fingerprint density at radius 1 is 1.37 bits per heavy atom. The molecule has 1 aromatic carbocycles. The van der Waals surface area contributed by atoms with Gasteiger partial charge in [0.25, 0.3) is 0 Å². The molecule has 0 saturated carbocycles. The third-order valence-electron chi connectivity index (χ3n) is 4.12. The maximum Gasteiger partial charge on any atom is 0.220 e. The molecule has 1 aromatic heterocycles. The number of fused-ring (bicyclic) bond motifs is 1. The zero-order chi connectivity index (χ0) is 13.3. The van der Waals surface area contributed by atoms with Crippen molar-refractivity contribution in [2.24, 2.45) is 0 Å². The summed E-state index contributed by atoms with van der Waals surface area (Å²) >= 11 is 0. The fraction of sp³-hybridized carbons (Fsp3) is 0.375. The molecule has 2 aromatic rings. The normalized spacial score (nSPS) is 22.7. The van der Waals surface area contributed by atoms with Crippen LogP contribution in [0.25, 0.3) is 10.9 Å². The molecule has 1 atom stereocenters. The van der Waals surface area contributed by atoms with E-state index in [-0.39, 0.29) is 11.4 Å². The Kier molecular flexibility index (Phi) is 2.97. The Hall–Kier alpha value is -1.90. The minimum Gasteiger partial charge on any atom is -0.350 e. The van der Waals surface area contributed by atoms with Gasteiger partial charge in [0.1, 0.15) is 0 Å². The number of aromatic nitrogens is 1. The van der Waals surface area contributed by atoms with E-state index in [2.05, 4.69) is 41.5 Å². The molecule has 19 heavy (non-hydrogen) atoms. The number of benzene rings is 1. The van der Waals surface area contributed by atoms with Gasteiger partial charge < -0.3 is 5.32 Å². The molecule has 1 aliphatic rings. The molecule has 0 aliphatic carbocycles. The SMILES string of the molecule is CCC1(Cc2ccc3ncccc3c2)CCC(=O)N1. The first-order valence-corrected chi connectivity index (χ1v) is 6.85. The van der Waals surface area contributed by atoms with E-state index in [1.165, 1.54) is 5.56 Å². The Morgan fingerprint density at radius 3 is 3.00 bits per heavy atom. The van der Waals surface area contributed by atoms with E-state index in [1.54, 1.807) is 0 Å². The number of nitrogens with one attached hydrogen (secondary N) is 1. The van der Waals surface area contributed by atoms with Gasteiger partial charge in [-0.3, -0.25) is 9.78 Å². The Labute approximate surface area is 113 Å². The van der Waals surface area contributed by atoms with Gasteiger partial charge in [-0.25, -0.2) is 0 Å². The third kappa shape index (κ3) is 2.33. The monoisotopic (exact) mass is 254 g/mol. The molecule has 1 aliphatic heterocycles. The van der Waals surface area contributed by atoms with Crippen molar-refractivity contribution in [1.29, 1.82) is 0 Å². The van der Waals surface area contributed by atoms with Crippen LogP contribution in [0.3, 0.4) is 0 Å². The molecule has 98 valence electrons. The van der Waals surface area contributed by atoms with Gasteiger partial charge in [-0.05, 0) is 43.0 Å². The van der Waals surface area contributed by atoms with Crippen LogP contribution in [0.4, 0.5) is 0 Å². The third-order valence-corrected chi connectivity index (χ3v) is 4.12. The van der Waals surface area contributed by atoms with Gasteiger partial charge in [0.15, 0.2) is 0 Å². The van der Waals surface area contributed by atoms with Gasteiger partial charge in [-0.1, -0.05) is 19.1 Å². The highest BCUT2D eigenvalue weighted by Crippen LogP contribution is 2.28. The summed E-state index contributed by atoms with van der Waals surface area (Å²) in [6.45, 7) is 2.15. The second-order valence-electron chi connectivity index (χ2n) is 5.39. The van der Waals surface area contributed by atoms with Crippen molar-refractivity contribution in [3.63, 3.8) is 0 Å². The van der Waals surface area contributed by atoms with E-state index in [4.69, 9.17) is 0 Å². The highest BCUT2D eigenvalue weighted by atomic mass is 16.2. The van der Waals surface area contributed by atoms with Gasteiger partial charge in [-0.2, -0.15) is 0 Å². The molecule has 1 fully saturated rings. The zero-order valence-corrected chi connectivity index (χ0v) is 11.1. The molecule has 0 spiro atoms. The smallest absolute Gasteiger partial charge is 0.220 e. The molecule has 0 radical (unpaired) electrons. The van der Waals surface area contributed by atoms with E-state index in [0.717, 1.165) is 30.2 Å². The van der Waals surface area contributed by atoms with Gasteiger partial charge in [0.2, 0.25) is 5.91 Å².